The molecule has 2 N–H and O–H groups in total. The largest absolute Gasteiger partial charge is 0.478 e. The number of hydrogen-bond donors (Lipinski definition) is 2. The molecule has 0 bridgehead atoms. The number of sulfonamides is 1. The number of hydrazone groups is 1. The Labute approximate surface area is 184 Å². The van der Waals surface area contributed by atoms with E-state index in [0.717, 1.165) is 5.56 Å². The molecule has 1 aromatic heterocycles. The predicted octanol–water partition coefficient (Wildman–Crippen LogP) is 3.55. The van der Waals surface area contributed by atoms with E-state index in [9.17, 15) is 13.2 Å². The van der Waals surface area contributed by atoms with Gasteiger partial charge in [-0.05, 0) is 36.4 Å². The number of nitrogens with one attached hydrogen (secondary N) is 1. The Morgan fingerprint density at radius 2 is 1.56 bits per heavy atom. The minimum Gasteiger partial charge on any atom is -0.478 e. The van der Waals surface area contributed by atoms with E-state index < -0.39 is 16.0 Å². The minimum atomic E-state index is -3.80. The van der Waals surface area contributed by atoms with Gasteiger partial charge in [0, 0.05) is 17.3 Å². The van der Waals surface area contributed by atoms with Crippen molar-refractivity contribution in [2.75, 3.05) is 0 Å². The third-order valence-electron chi connectivity index (χ3n) is 4.60. The Bertz CT molecular complexity index is 1360. The van der Waals surface area contributed by atoms with Crippen LogP contribution in [0.15, 0.2) is 101 Å². The quantitative estimate of drug-likeness (QED) is 0.333. The highest BCUT2D eigenvalue weighted by molar-refractivity contribution is 7.89. The monoisotopic (exact) mass is 446 g/mol. The summed E-state index contributed by atoms with van der Waals surface area (Å²) < 4.78 is 26.4. The number of aromatic carboxylic acids is 1. The number of rotatable bonds is 7. The van der Waals surface area contributed by atoms with Gasteiger partial charge < -0.3 is 5.11 Å². The molecule has 0 aliphatic carbocycles. The molecule has 0 unspecified atom stereocenters. The summed E-state index contributed by atoms with van der Waals surface area (Å²) >= 11 is 0. The topological polar surface area (TPSA) is 114 Å². The van der Waals surface area contributed by atoms with E-state index in [1.165, 1.54) is 30.5 Å². The molecule has 8 nitrogen and oxygen atoms in total. The molecular formula is C23H18N4O4S. The van der Waals surface area contributed by atoms with Crippen LogP contribution in [-0.4, -0.2) is 35.5 Å². The first kappa shape index (κ1) is 21.0. The first-order valence-electron chi connectivity index (χ1n) is 9.53. The molecule has 4 aromatic rings. The number of benzene rings is 3. The summed E-state index contributed by atoms with van der Waals surface area (Å²) in [6, 6.07) is 23.6. The van der Waals surface area contributed by atoms with Gasteiger partial charge in [0.25, 0.3) is 10.0 Å². The second-order valence-electron chi connectivity index (χ2n) is 6.76. The van der Waals surface area contributed by atoms with Gasteiger partial charge in [0.2, 0.25) is 0 Å². The van der Waals surface area contributed by atoms with Crippen LogP contribution in [0.2, 0.25) is 0 Å². The highest BCUT2D eigenvalue weighted by atomic mass is 32.2. The maximum atomic E-state index is 12.4. The van der Waals surface area contributed by atoms with E-state index in [-0.39, 0.29) is 10.5 Å². The summed E-state index contributed by atoms with van der Waals surface area (Å²) in [5.41, 5.74) is 2.81. The smallest absolute Gasteiger partial charge is 0.335 e. The van der Waals surface area contributed by atoms with Crippen molar-refractivity contribution < 1.29 is 18.3 Å². The van der Waals surface area contributed by atoms with Crippen LogP contribution in [-0.2, 0) is 10.0 Å². The average molecular weight is 446 g/mol. The van der Waals surface area contributed by atoms with Crippen LogP contribution in [0.5, 0.6) is 0 Å². The lowest BCUT2D eigenvalue weighted by Gasteiger charge is -2.02. The summed E-state index contributed by atoms with van der Waals surface area (Å²) in [6.07, 6.45) is 3.08. The van der Waals surface area contributed by atoms with Crippen molar-refractivity contribution in [3.8, 4) is 16.9 Å². The predicted molar refractivity (Wildman–Crippen MR) is 120 cm³/mol. The first-order valence-corrected chi connectivity index (χ1v) is 11.0. The molecule has 4 rings (SSSR count). The molecule has 32 heavy (non-hydrogen) atoms. The van der Waals surface area contributed by atoms with E-state index in [1.807, 2.05) is 30.3 Å². The van der Waals surface area contributed by atoms with Gasteiger partial charge in [0.1, 0.15) is 5.69 Å². The van der Waals surface area contributed by atoms with Crippen molar-refractivity contribution in [1.29, 1.82) is 0 Å². The molecule has 1 heterocycles. The number of carboxylic acids is 1. The van der Waals surface area contributed by atoms with E-state index in [0.29, 0.717) is 16.9 Å². The molecule has 9 heteroatoms. The van der Waals surface area contributed by atoms with Crippen molar-refractivity contribution in [2.24, 2.45) is 5.10 Å². The normalized spacial score (nSPS) is 11.5. The highest BCUT2D eigenvalue weighted by Crippen LogP contribution is 2.22. The van der Waals surface area contributed by atoms with Crippen LogP contribution in [0.4, 0.5) is 0 Å². The van der Waals surface area contributed by atoms with E-state index in [2.05, 4.69) is 15.0 Å². The molecule has 0 atom stereocenters. The van der Waals surface area contributed by atoms with Crippen LogP contribution in [0.25, 0.3) is 16.9 Å². The zero-order chi connectivity index (χ0) is 22.6. The lowest BCUT2D eigenvalue weighted by Crippen LogP contribution is -2.18. The summed E-state index contributed by atoms with van der Waals surface area (Å²) in [4.78, 5) is 13.4. The maximum Gasteiger partial charge on any atom is 0.335 e. The van der Waals surface area contributed by atoms with Crippen LogP contribution in [0, 0.1) is 0 Å². The first-order chi connectivity index (χ1) is 15.4. The van der Waals surface area contributed by atoms with Crippen molar-refractivity contribution in [3.63, 3.8) is 0 Å². The third kappa shape index (κ3) is 4.57. The molecular weight excluding hydrogens is 428 g/mol. The van der Waals surface area contributed by atoms with Gasteiger partial charge in [0.15, 0.2) is 0 Å². The standard InChI is InChI=1S/C23H18N4O4S/c28-23(29)18-11-13-20(14-12-18)27-16-19(22(25-27)17-7-3-1-4-8-17)15-24-26-32(30,31)21-9-5-2-6-10-21/h1-16,26H,(H,28,29)/b24-15+. The minimum absolute atomic E-state index is 0.106. The van der Waals surface area contributed by atoms with Crippen molar-refractivity contribution in [1.82, 2.24) is 14.6 Å². The lowest BCUT2D eigenvalue weighted by molar-refractivity contribution is 0.0697. The summed E-state index contributed by atoms with van der Waals surface area (Å²) in [5, 5.41) is 17.6. The molecule has 0 saturated heterocycles. The van der Waals surface area contributed by atoms with E-state index in [4.69, 9.17) is 5.11 Å². The summed E-state index contributed by atoms with van der Waals surface area (Å²) in [5.74, 6) is -1.01. The highest BCUT2D eigenvalue weighted by Gasteiger charge is 2.14. The van der Waals surface area contributed by atoms with Crippen molar-refractivity contribution >= 4 is 22.2 Å². The fourth-order valence-corrected chi connectivity index (χ4v) is 3.82. The second kappa shape index (κ2) is 8.86. The number of aromatic nitrogens is 2. The lowest BCUT2D eigenvalue weighted by atomic mass is 10.1. The summed E-state index contributed by atoms with van der Waals surface area (Å²) in [7, 11) is -3.80. The van der Waals surface area contributed by atoms with Gasteiger partial charge in [-0.25, -0.2) is 14.3 Å². The Balaban J connectivity index is 1.67. The fraction of sp³-hybridized carbons (Fsp3) is 0. The van der Waals surface area contributed by atoms with Gasteiger partial charge in [-0.15, -0.1) is 0 Å². The number of hydrogen-bond acceptors (Lipinski definition) is 5. The van der Waals surface area contributed by atoms with Gasteiger partial charge in [-0.1, -0.05) is 48.5 Å². The fourth-order valence-electron chi connectivity index (χ4n) is 3.01. The molecule has 0 aliphatic heterocycles. The third-order valence-corrected chi connectivity index (χ3v) is 5.84. The van der Waals surface area contributed by atoms with Gasteiger partial charge >= 0.3 is 5.97 Å². The maximum absolute atomic E-state index is 12.4. The van der Waals surface area contributed by atoms with E-state index in [1.54, 1.807) is 41.2 Å². The zero-order valence-electron chi connectivity index (χ0n) is 16.7. The Kier molecular flexibility index (Phi) is 5.82. The number of nitrogens with zero attached hydrogens (tertiary/aromatic N) is 3. The van der Waals surface area contributed by atoms with Crippen LogP contribution in [0.3, 0.4) is 0 Å². The van der Waals surface area contributed by atoms with Crippen LogP contribution in [0.1, 0.15) is 15.9 Å². The van der Waals surface area contributed by atoms with Crippen LogP contribution >= 0.6 is 0 Å². The Morgan fingerprint density at radius 1 is 0.938 bits per heavy atom. The second-order valence-corrected chi connectivity index (χ2v) is 8.42. The number of carbonyl (C=O) groups is 1. The van der Waals surface area contributed by atoms with Gasteiger partial charge in [-0.2, -0.15) is 18.6 Å². The molecule has 0 fully saturated rings. The molecule has 0 saturated carbocycles. The van der Waals surface area contributed by atoms with Crippen molar-refractivity contribution in [2.45, 2.75) is 4.90 Å². The van der Waals surface area contributed by atoms with Crippen molar-refractivity contribution in [3.05, 3.63) is 102 Å². The molecule has 0 aliphatic rings. The molecule has 0 spiro atoms. The Hall–Kier alpha value is -4.24. The SMILES string of the molecule is O=C(O)c1ccc(-n2cc(/C=N/NS(=O)(=O)c3ccccc3)c(-c3ccccc3)n2)cc1. The van der Waals surface area contributed by atoms with Gasteiger partial charge in [-0.3, -0.25) is 0 Å². The molecule has 3 aromatic carbocycles. The van der Waals surface area contributed by atoms with Gasteiger partial charge in [0.05, 0.1) is 22.4 Å². The van der Waals surface area contributed by atoms with E-state index >= 15 is 0 Å². The summed E-state index contributed by atoms with van der Waals surface area (Å²) in [6.45, 7) is 0. The Morgan fingerprint density at radius 3 is 2.19 bits per heavy atom. The molecule has 0 amide bonds. The van der Waals surface area contributed by atoms with Crippen LogP contribution < -0.4 is 4.83 Å². The molecule has 0 radical (unpaired) electrons. The average Bonchev–Trinajstić information content (AvgIpc) is 3.24. The number of carboxylic acid groups (broad SMARTS) is 1. The zero-order valence-corrected chi connectivity index (χ0v) is 17.5. The molecule has 160 valence electrons.